The average molecular weight is 207 g/mol. The van der Waals surface area contributed by atoms with E-state index >= 15 is 0 Å². The normalized spacial score (nSPS) is 10.7. The summed E-state index contributed by atoms with van der Waals surface area (Å²) in [5.74, 6) is 0.116. The lowest BCUT2D eigenvalue weighted by Gasteiger charge is -2.09. The van der Waals surface area contributed by atoms with Crippen molar-refractivity contribution >= 4 is 5.78 Å². The summed E-state index contributed by atoms with van der Waals surface area (Å²) in [6.45, 7) is 6.18. The van der Waals surface area contributed by atoms with E-state index in [1.807, 2.05) is 20.8 Å². The van der Waals surface area contributed by atoms with Crippen LogP contribution in [0.2, 0.25) is 0 Å². The van der Waals surface area contributed by atoms with Gasteiger partial charge in [0.1, 0.15) is 0 Å². The third-order valence-corrected chi connectivity index (χ3v) is 2.07. The Labute approximate surface area is 90.5 Å². The summed E-state index contributed by atoms with van der Waals surface area (Å²) < 4.78 is 5.45. The molecule has 0 aliphatic heterocycles. The number of Topliss-reactive ketones (excluding diaryl/α,β-unsaturated/α-hetero) is 1. The maximum absolute atomic E-state index is 11.6. The number of pyridine rings is 1. The largest absolute Gasteiger partial charge is 0.372 e. The lowest BCUT2D eigenvalue weighted by atomic mass is 10.1. The second-order valence-electron chi connectivity index (χ2n) is 3.63. The minimum atomic E-state index is 0.116. The van der Waals surface area contributed by atoms with Gasteiger partial charge >= 0.3 is 0 Å². The molecule has 0 bridgehead atoms. The van der Waals surface area contributed by atoms with Crippen molar-refractivity contribution in [3.63, 3.8) is 0 Å². The number of hydrogen-bond acceptors (Lipinski definition) is 3. The van der Waals surface area contributed by atoms with E-state index in [1.54, 1.807) is 18.3 Å². The molecule has 1 heterocycles. The number of nitrogens with zero attached hydrogens (tertiary/aromatic N) is 1. The van der Waals surface area contributed by atoms with E-state index in [2.05, 4.69) is 4.98 Å². The highest BCUT2D eigenvalue weighted by molar-refractivity contribution is 5.96. The molecule has 0 aliphatic rings. The monoisotopic (exact) mass is 207 g/mol. The van der Waals surface area contributed by atoms with E-state index in [0.717, 1.165) is 5.69 Å². The highest BCUT2D eigenvalue weighted by Gasteiger charge is 2.10. The van der Waals surface area contributed by atoms with Crippen LogP contribution in [0, 0.1) is 0 Å². The van der Waals surface area contributed by atoms with E-state index in [0.29, 0.717) is 18.6 Å². The van der Waals surface area contributed by atoms with Crippen molar-refractivity contribution in [2.45, 2.75) is 39.9 Å². The smallest absolute Gasteiger partial charge is 0.164 e. The molecule has 0 saturated heterocycles. The maximum Gasteiger partial charge on any atom is 0.164 e. The van der Waals surface area contributed by atoms with Crippen molar-refractivity contribution in [1.29, 1.82) is 0 Å². The minimum absolute atomic E-state index is 0.116. The molecule has 0 unspecified atom stereocenters. The number of carbonyl (C=O) groups excluding carboxylic acids is 1. The first-order chi connectivity index (χ1) is 7.15. The molecule has 0 radical (unpaired) electrons. The van der Waals surface area contributed by atoms with Gasteiger partial charge in [0.25, 0.3) is 0 Å². The zero-order chi connectivity index (χ0) is 11.3. The summed E-state index contributed by atoms with van der Waals surface area (Å²) in [6, 6.07) is 3.58. The SMILES string of the molecule is CCC(=O)c1cccnc1COC(C)C. The van der Waals surface area contributed by atoms with Crippen molar-refractivity contribution in [2.24, 2.45) is 0 Å². The van der Waals surface area contributed by atoms with Gasteiger partial charge < -0.3 is 4.74 Å². The second kappa shape index (κ2) is 5.61. The van der Waals surface area contributed by atoms with Crippen LogP contribution >= 0.6 is 0 Å². The molecular formula is C12H17NO2. The molecule has 0 aromatic carbocycles. The molecule has 0 atom stereocenters. The molecule has 0 N–H and O–H groups in total. The van der Waals surface area contributed by atoms with E-state index in [4.69, 9.17) is 4.74 Å². The molecule has 3 nitrogen and oxygen atoms in total. The van der Waals surface area contributed by atoms with Crippen molar-refractivity contribution in [3.8, 4) is 0 Å². The first kappa shape index (κ1) is 11.9. The summed E-state index contributed by atoms with van der Waals surface area (Å²) in [5, 5.41) is 0. The third kappa shape index (κ3) is 3.44. The topological polar surface area (TPSA) is 39.2 Å². The van der Waals surface area contributed by atoms with Crippen molar-refractivity contribution < 1.29 is 9.53 Å². The molecular weight excluding hydrogens is 190 g/mol. The van der Waals surface area contributed by atoms with Gasteiger partial charge in [0.2, 0.25) is 0 Å². The van der Waals surface area contributed by atoms with E-state index < -0.39 is 0 Å². The molecule has 3 heteroatoms. The van der Waals surface area contributed by atoms with Crippen molar-refractivity contribution in [3.05, 3.63) is 29.6 Å². The van der Waals surface area contributed by atoms with E-state index in [1.165, 1.54) is 0 Å². The first-order valence-electron chi connectivity index (χ1n) is 5.23. The van der Waals surface area contributed by atoms with Crippen molar-refractivity contribution in [1.82, 2.24) is 4.98 Å². The fourth-order valence-electron chi connectivity index (χ4n) is 1.24. The quantitative estimate of drug-likeness (QED) is 0.697. The number of rotatable bonds is 5. The molecule has 0 aliphatic carbocycles. The Morgan fingerprint density at radius 2 is 2.27 bits per heavy atom. The third-order valence-electron chi connectivity index (χ3n) is 2.07. The predicted molar refractivity (Wildman–Crippen MR) is 58.8 cm³/mol. The van der Waals surface area contributed by atoms with Crippen LogP contribution in [0.1, 0.15) is 43.2 Å². The second-order valence-corrected chi connectivity index (χ2v) is 3.63. The van der Waals surface area contributed by atoms with Crippen LogP contribution in [0.15, 0.2) is 18.3 Å². The standard InChI is InChI=1S/C12H17NO2/c1-4-12(14)10-6-5-7-13-11(10)8-15-9(2)3/h5-7,9H,4,8H2,1-3H3. The molecule has 0 amide bonds. The summed E-state index contributed by atoms with van der Waals surface area (Å²) in [7, 11) is 0. The summed E-state index contributed by atoms with van der Waals surface area (Å²) in [4.78, 5) is 15.8. The summed E-state index contributed by atoms with van der Waals surface area (Å²) in [6.07, 6.45) is 2.34. The fraction of sp³-hybridized carbons (Fsp3) is 0.500. The fourth-order valence-corrected chi connectivity index (χ4v) is 1.24. The molecule has 0 spiro atoms. The number of aromatic nitrogens is 1. The van der Waals surface area contributed by atoms with Crippen LogP contribution in [0.25, 0.3) is 0 Å². The molecule has 15 heavy (non-hydrogen) atoms. The Balaban J connectivity index is 2.81. The molecule has 82 valence electrons. The average Bonchev–Trinajstić information content (AvgIpc) is 2.25. The van der Waals surface area contributed by atoms with Gasteiger partial charge in [0, 0.05) is 18.2 Å². The first-order valence-corrected chi connectivity index (χ1v) is 5.23. The molecule has 0 saturated carbocycles. The summed E-state index contributed by atoms with van der Waals surface area (Å²) >= 11 is 0. The van der Waals surface area contributed by atoms with Crippen LogP contribution in [0.5, 0.6) is 0 Å². The van der Waals surface area contributed by atoms with Gasteiger partial charge in [-0.15, -0.1) is 0 Å². The van der Waals surface area contributed by atoms with E-state index in [9.17, 15) is 4.79 Å². The Hall–Kier alpha value is -1.22. The Kier molecular flexibility index (Phi) is 4.43. The van der Waals surface area contributed by atoms with Crippen molar-refractivity contribution in [2.75, 3.05) is 0 Å². The van der Waals surface area contributed by atoms with Gasteiger partial charge in [-0.05, 0) is 26.0 Å². The van der Waals surface area contributed by atoms with Gasteiger partial charge in [-0.25, -0.2) is 0 Å². The molecule has 1 aromatic heterocycles. The zero-order valence-electron chi connectivity index (χ0n) is 9.49. The number of hydrogen-bond donors (Lipinski definition) is 0. The Bertz CT molecular complexity index is 334. The van der Waals surface area contributed by atoms with E-state index in [-0.39, 0.29) is 11.9 Å². The number of carbonyl (C=O) groups is 1. The summed E-state index contributed by atoms with van der Waals surface area (Å²) in [5.41, 5.74) is 1.42. The Morgan fingerprint density at radius 3 is 2.87 bits per heavy atom. The lowest BCUT2D eigenvalue weighted by Crippen LogP contribution is -2.09. The van der Waals surface area contributed by atoms with Crippen LogP contribution in [0.3, 0.4) is 0 Å². The van der Waals surface area contributed by atoms with Gasteiger partial charge in [-0.2, -0.15) is 0 Å². The lowest BCUT2D eigenvalue weighted by molar-refractivity contribution is 0.0626. The molecule has 0 fully saturated rings. The van der Waals surface area contributed by atoms with Crippen LogP contribution in [-0.2, 0) is 11.3 Å². The van der Waals surface area contributed by atoms with Gasteiger partial charge in [0.15, 0.2) is 5.78 Å². The van der Waals surface area contributed by atoms with Crippen LogP contribution in [-0.4, -0.2) is 16.9 Å². The van der Waals surface area contributed by atoms with Gasteiger partial charge in [-0.1, -0.05) is 6.92 Å². The Morgan fingerprint density at radius 1 is 1.53 bits per heavy atom. The molecule has 1 aromatic rings. The highest BCUT2D eigenvalue weighted by Crippen LogP contribution is 2.10. The minimum Gasteiger partial charge on any atom is -0.372 e. The van der Waals surface area contributed by atoms with Gasteiger partial charge in [0.05, 0.1) is 18.4 Å². The number of ether oxygens (including phenoxy) is 1. The zero-order valence-corrected chi connectivity index (χ0v) is 9.49. The molecule has 1 rings (SSSR count). The van der Waals surface area contributed by atoms with Gasteiger partial charge in [-0.3, -0.25) is 9.78 Å². The predicted octanol–water partition coefficient (Wildman–Crippen LogP) is 2.60. The van der Waals surface area contributed by atoms with Crippen LogP contribution in [0.4, 0.5) is 0 Å². The maximum atomic E-state index is 11.6. The highest BCUT2D eigenvalue weighted by atomic mass is 16.5. The number of ketones is 1. The van der Waals surface area contributed by atoms with Crippen LogP contribution < -0.4 is 0 Å².